The molecule has 0 radical (unpaired) electrons. The van der Waals surface area contributed by atoms with Gasteiger partial charge in [0.1, 0.15) is 5.75 Å². The van der Waals surface area contributed by atoms with Crippen LogP contribution in [0.2, 0.25) is 0 Å². The number of rotatable bonds is 4. The van der Waals surface area contributed by atoms with Crippen LogP contribution in [0.4, 0.5) is 5.69 Å². The Balaban J connectivity index is 2.38. The second kappa shape index (κ2) is 5.83. The summed E-state index contributed by atoms with van der Waals surface area (Å²) in [5, 5.41) is 8.91. The van der Waals surface area contributed by atoms with Crippen molar-refractivity contribution in [2.75, 3.05) is 5.73 Å². The van der Waals surface area contributed by atoms with Crippen molar-refractivity contribution in [1.82, 2.24) is 4.98 Å². The fourth-order valence-corrected chi connectivity index (χ4v) is 1.98. The maximum absolute atomic E-state index is 10.9. The van der Waals surface area contributed by atoms with Gasteiger partial charge in [-0.2, -0.15) is 0 Å². The summed E-state index contributed by atoms with van der Waals surface area (Å²) in [5.41, 5.74) is 8.17. The Morgan fingerprint density at radius 1 is 1.33 bits per heavy atom. The normalized spacial score (nSPS) is 10.7. The van der Waals surface area contributed by atoms with Gasteiger partial charge >= 0.3 is 5.97 Å². The molecule has 3 N–H and O–H groups in total. The molecule has 0 fully saturated rings. The molecule has 0 saturated heterocycles. The molecule has 5 heteroatoms. The lowest BCUT2D eigenvalue weighted by atomic mass is 10.0. The van der Waals surface area contributed by atoms with E-state index in [0.717, 1.165) is 11.1 Å². The number of aryl methyl sites for hydroxylation is 1. The molecular formula is C16H18N2O3. The molecule has 0 bridgehead atoms. The van der Waals surface area contributed by atoms with Crippen molar-refractivity contribution in [3.63, 3.8) is 0 Å². The number of nitrogens with two attached hydrogens (primary N) is 1. The molecule has 5 nitrogen and oxygen atoms in total. The number of aromatic carboxylic acids is 1. The predicted octanol–water partition coefficient (Wildman–Crippen LogP) is 3.59. The van der Waals surface area contributed by atoms with Gasteiger partial charge in [-0.05, 0) is 36.1 Å². The van der Waals surface area contributed by atoms with Gasteiger partial charge in [-0.3, -0.25) is 0 Å². The average Bonchev–Trinajstić information content (AvgIpc) is 2.40. The van der Waals surface area contributed by atoms with Gasteiger partial charge in [-0.25, -0.2) is 9.78 Å². The maximum Gasteiger partial charge on any atom is 0.337 e. The zero-order valence-corrected chi connectivity index (χ0v) is 12.3. The van der Waals surface area contributed by atoms with E-state index in [4.69, 9.17) is 15.6 Å². The van der Waals surface area contributed by atoms with Crippen LogP contribution < -0.4 is 10.5 Å². The van der Waals surface area contributed by atoms with Gasteiger partial charge in [0.15, 0.2) is 0 Å². The Kier molecular flexibility index (Phi) is 4.12. The quantitative estimate of drug-likeness (QED) is 0.897. The topological polar surface area (TPSA) is 85.4 Å². The largest absolute Gasteiger partial charge is 0.478 e. The van der Waals surface area contributed by atoms with Crippen LogP contribution in [0, 0.1) is 6.92 Å². The van der Waals surface area contributed by atoms with Gasteiger partial charge in [-0.15, -0.1) is 0 Å². The van der Waals surface area contributed by atoms with Crippen LogP contribution in [0.5, 0.6) is 11.6 Å². The van der Waals surface area contributed by atoms with Crippen molar-refractivity contribution in [2.24, 2.45) is 0 Å². The monoisotopic (exact) mass is 286 g/mol. The average molecular weight is 286 g/mol. The lowest BCUT2D eigenvalue weighted by Gasteiger charge is -2.15. The number of carbonyl (C=O) groups is 1. The van der Waals surface area contributed by atoms with E-state index >= 15 is 0 Å². The van der Waals surface area contributed by atoms with Crippen LogP contribution in [-0.2, 0) is 0 Å². The van der Waals surface area contributed by atoms with Crippen LogP contribution in [0.15, 0.2) is 30.5 Å². The number of benzene rings is 1. The summed E-state index contributed by atoms with van der Waals surface area (Å²) in [7, 11) is 0. The third kappa shape index (κ3) is 3.31. The molecule has 0 atom stereocenters. The van der Waals surface area contributed by atoms with Crippen molar-refractivity contribution in [3.8, 4) is 11.6 Å². The van der Waals surface area contributed by atoms with Gasteiger partial charge in [0, 0.05) is 6.20 Å². The summed E-state index contributed by atoms with van der Waals surface area (Å²) in [6.45, 7) is 6.12. The summed E-state index contributed by atoms with van der Waals surface area (Å²) < 4.78 is 5.79. The Morgan fingerprint density at radius 2 is 2.05 bits per heavy atom. The maximum atomic E-state index is 10.9. The number of carboxylic acid groups (broad SMARTS) is 1. The molecule has 0 amide bonds. The second-order valence-corrected chi connectivity index (χ2v) is 5.22. The van der Waals surface area contributed by atoms with Crippen molar-refractivity contribution >= 4 is 11.7 Å². The first kappa shape index (κ1) is 14.8. The number of hydrogen-bond acceptors (Lipinski definition) is 4. The summed E-state index contributed by atoms with van der Waals surface area (Å²) in [4.78, 5) is 14.9. The highest BCUT2D eigenvalue weighted by molar-refractivity contribution is 5.88. The summed E-state index contributed by atoms with van der Waals surface area (Å²) in [5.74, 6) is 0.124. The Hall–Kier alpha value is -2.56. The molecule has 21 heavy (non-hydrogen) atoms. The van der Waals surface area contributed by atoms with Gasteiger partial charge < -0.3 is 15.6 Å². The number of nitrogen functional groups attached to an aromatic ring is 1. The van der Waals surface area contributed by atoms with E-state index in [1.165, 1.54) is 12.3 Å². The molecule has 0 aliphatic heterocycles. The van der Waals surface area contributed by atoms with Crippen LogP contribution in [0.1, 0.15) is 41.3 Å². The number of pyridine rings is 1. The predicted molar refractivity (Wildman–Crippen MR) is 81.0 cm³/mol. The van der Waals surface area contributed by atoms with Crippen LogP contribution in [-0.4, -0.2) is 16.1 Å². The standard InChI is InChI=1S/C16H18N2O3/c1-9(2)12-5-4-10(3)6-14(12)21-15-13(17)7-11(8-18-15)16(19)20/h4-9H,17H2,1-3H3,(H,19,20). The zero-order valence-electron chi connectivity index (χ0n) is 12.3. The summed E-state index contributed by atoms with van der Waals surface area (Å²) in [6, 6.07) is 7.29. The molecule has 110 valence electrons. The Labute approximate surface area is 123 Å². The fraction of sp³-hybridized carbons (Fsp3) is 0.250. The second-order valence-electron chi connectivity index (χ2n) is 5.22. The lowest BCUT2D eigenvalue weighted by molar-refractivity contribution is 0.0696. The molecule has 1 aromatic carbocycles. The molecule has 1 aromatic heterocycles. The SMILES string of the molecule is Cc1ccc(C(C)C)c(Oc2ncc(C(=O)O)cc2N)c1. The highest BCUT2D eigenvalue weighted by Gasteiger charge is 2.13. The molecule has 2 aromatic rings. The summed E-state index contributed by atoms with van der Waals surface area (Å²) >= 11 is 0. The van der Waals surface area contributed by atoms with Crippen LogP contribution in [0.3, 0.4) is 0 Å². The van der Waals surface area contributed by atoms with Crippen LogP contribution >= 0.6 is 0 Å². The highest BCUT2D eigenvalue weighted by atomic mass is 16.5. The lowest BCUT2D eigenvalue weighted by Crippen LogP contribution is -2.03. The Bertz CT molecular complexity index is 681. The van der Waals surface area contributed by atoms with E-state index < -0.39 is 5.97 Å². The molecule has 1 heterocycles. The zero-order chi connectivity index (χ0) is 15.6. The van der Waals surface area contributed by atoms with Gasteiger partial charge in [0.2, 0.25) is 5.88 Å². The van der Waals surface area contributed by atoms with Crippen molar-refractivity contribution < 1.29 is 14.6 Å². The number of ether oxygens (including phenoxy) is 1. The number of anilines is 1. The Morgan fingerprint density at radius 3 is 2.62 bits per heavy atom. The molecule has 0 spiro atoms. The van der Waals surface area contributed by atoms with Gasteiger partial charge in [0.05, 0.1) is 11.3 Å². The third-order valence-electron chi connectivity index (χ3n) is 3.12. The van der Waals surface area contributed by atoms with Crippen molar-refractivity contribution in [2.45, 2.75) is 26.7 Å². The van der Waals surface area contributed by atoms with E-state index in [9.17, 15) is 4.79 Å². The van der Waals surface area contributed by atoms with E-state index in [-0.39, 0.29) is 17.1 Å². The third-order valence-corrected chi connectivity index (χ3v) is 3.12. The summed E-state index contributed by atoms with van der Waals surface area (Å²) in [6.07, 6.45) is 1.23. The first-order valence-electron chi connectivity index (χ1n) is 6.65. The van der Waals surface area contributed by atoms with Gasteiger partial charge in [0.25, 0.3) is 0 Å². The smallest absolute Gasteiger partial charge is 0.337 e. The number of nitrogens with zero attached hydrogens (tertiary/aromatic N) is 1. The van der Waals surface area contributed by atoms with E-state index in [1.807, 2.05) is 25.1 Å². The van der Waals surface area contributed by atoms with E-state index in [2.05, 4.69) is 18.8 Å². The molecule has 0 aliphatic carbocycles. The van der Waals surface area contributed by atoms with E-state index in [0.29, 0.717) is 11.7 Å². The number of aromatic nitrogens is 1. The minimum absolute atomic E-state index is 0.0353. The first-order chi connectivity index (χ1) is 9.88. The minimum atomic E-state index is -1.07. The minimum Gasteiger partial charge on any atom is -0.478 e. The number of hydrogen-bond donors (Lipinski definition) is 2. The van der Waals surface area contributed by atoms with E-state index in [1.54, 1.807) is 0 Å². The molecule has 0 saturated carbocycles. The number of carboxylic acids is 1. The fourth-order valence-electron chi connectivity index (χ4n) is 1.98. The highest BCUT2D eigenvalue weighted by Crippen LogP contribution is 2.33. The van der Waals surface area contributed by atoms with Gasteiger partial charge in [-0.1, -0.05) is 26.0 Å². The first-order valence-corrected chi connectivity index (χ1v) is 6.65. The molecule has 0 aliphatic rings. The van der Waals surface area contributed by atoms with Crippen LogP contribution in [0.25, 0.3) is 0 Å². The van der Waals surface area contributed by atoms with Crippen molar-refractivity contribution in [3.05, 3.63) is 47.2 Å². The molecular weight excluding hydrogens is 268 g/mol. The van der Waals surface area contributed by atoms with Crippen molar-refractivity contribution in [1.29, 1.82) is 0 Å². The molecule has 2 rings (SSSR count). The molecule has 0 unspecified atom stereocenters.